The van der Waals surface area contributed by atoms with Crippen molar-refractivity contribution in [3.05, 3.63) is 117 Å². The van der Waals surface area contributed by atoms with Crippen molar-refractivity contribution in [3.8, 4) is 0 Å². The van der Waals surface area contributed by atoms with Crippen molar-refractivity contribution in [3.63, 3.8) is 0 Å². The average Bonchev–Trinajstić information content (AvgIpc) is 3.43. The van der Waals surface area contributed by atoms with Gasteiger partial charge in [0.2, 0.25) is 5.95 Å². The summed E-state index contributed by atoms with van der Waals surface area (Å²) in [6.45, 7) is 2.80. The molecule has 4 aromatic rings. The zero-order valence-corrected chi connectivity index (χ0v) is 24.2. The highest BCUT2D eigenvalue weighted by Crippen LogP contribution is 2.35. The predicted molar refractivity (Wildman–Crippen MR) is 157 cm³/mol. The SMILES string of the molecule is Cc1ccccc1CCc1nc(N2CCC[C@@H]2c2ccc(Cl)cc2)ncc1C(=O)NS(=O)(=O)c1ccc(Cl)cc1. The summed E-state index contributed by atoms with van der Waals surface area (Å²) in [6.07, 6.45) is 4.40. The number of hydrogen-bond donors (Lipinski definition) is 1. The summed E-state index contributed by atoms with van der Waals surface area (Å²) in [4.78, 5) is 24.8. The Hall–Kier alpha value is -3.46. The fourth-order valence-corrected chi connectivity index (χ4v) is 6.17. The molecule has 1 aliphatic heterocycles. The number of halogens is 2. The number of nitrogens with zero attached hydrogens (tertiary/aromatic N) is 3. The van der Waals surface area contributed by atoms with Gasteiger partial charge in [-0.1, -0.05) is 59.6 Å². The summed E-state index contributed by atoms with van der Waals surface area (Å²) in [6, 6.07) is 21.5. The van der Waals surface area contributed by atoms with E-state index < -0.39 is 15.9 Å². The van der Waals surface area contributed by atoms with Crippen LogP contribution in [0.5, 0.6) is 0 Å². The van der Waals surface area contributed by atoms with Crippen LogP contribution in [0, 0.1) is 6.92 Å². The first-order chi connectivity index (χ1) is 19.2. The van der Waals surface area contributed by atoms with Crippen molar-refractivity contribution < 1.29 is 13.2 Å². The summed E-state index contributed by atoms with van der Waals surface area (Å²) in [5.41, 5.74) is 3.98. The third-order valence-corrected chi connectivity index (χ3v) is 8.96. The Morgan fingerprint density at radius 1 is 0.975 bits per heavy atom. The summed E-state index contributed by atoms with van der Waals surface area (Å²) in [5.74, 6) is -0.272. The standard InChI is InChI=1S/C30H28Cl2N4O3S/c1-20-5-2-3-6-21(20)10-17-27-26(29(37)35-40(38,39)25-15-13-24(32)14-16-25)19-33-30(34-27)36-18-4-7-28(36)22-8-11-23(31)12-9-22/h2-3,5-6,8-9,11-16,19,28H,4,7,10,17-18H2,1H3,(H,35,37)/t28-/m1/s1. The average molecular weight is 596 g/mol. The molecule has 1 aromatic heterocycles. The number of sulfonamides is 1. The molecule has 206 valence electrons. The molecule has 40 heavy (non-hydrogen) atoms. The third kappa shape index (κ3) is 6.30. The Balaban J connectivity index is 1.46. The van der Waals surface area contributed by atoms with Gasteiger partial charge in [-0.05, 0) is 85.7 Å². The lowest BCUT2D eigenvalue weighted by molar-refractivity contribution is 0.0979. The smallest absolute Gasteiger partial charge is 0.268 e. The summed E-state index contributed by atoms with van der Waals surface area (Å²) < 4.78 is 28.0. The molecule has 10 heteroatoms. The summed E-state index contributed by atoms with van der Waals surface area (Å²) in [5, 5.41) is 1.07. The maximum atomic E-state index is 13.3. The molecule has 0 unspecified atom stereocenters. The van der Waals surface area contributed by atoms with E-state index in [1.54, 1.807) is 0 Å². The van der Waals surface area contributed by atoms with Crippen molar-refractivity contribution in [2.24, 2.45) is 0 Å². The van der Waals surface area contributed by atoms with E-state index in [0.29, 0.717) is 34.5 Å². The number of hydrogen-bond acceptors (Lipinski definition) is 6. The second kappa shape index (κ2) is 12.0. The minimum absolute atomic E-state index is 0.0629. The minimum atomic E-state index is -4.12. The van der Waals surface area contributed by atoms with Gasteiger partial charge >= 0.3 is 0 Å². The summed E-state index contributed by atoms with van der Waals surface area (Å²) in [7, 11) is -4.12. The van der Waals surface area contributed by atoms with Crippen LogP contribution in [0.25, 0.3) is 0 Å². The largest absolute Gasteiger partial charge is 0.334 e. The molecule has 1 saturated heterocycles. The highest BCUT2D eigenvalue weighted by molar-refractivity contribution is 7.90. The Kier molecular flexibility index (Phi) is 8.40. The Morgan fingerprint density at radius 3 is 2.35 bits per heavy atom. The van der Waals surface area contributed by atoms with Gasteiger partial charge in [0.25, 0.3) is 15.9 Å². The van der Waals surface area contributed by atoms with Crippen molar-refractivity contribution >= 4 is 45.1 Å². The molecule has 1 aliphatic rings. The van der Waals surface area contributed by atoms with E-state index in [1.165, 1.54) is 30.5 Å². The molecule has 1 N–H and O–H groups in total. The van der Waals surface area contributed by atoms with E-state index in [4.69, 9.17) is 28.2 Å². The third-order valence-electron chi connectivity index (χ3n) is 7.11. The second-order valence-corrected chi connectivity index (χ2v) is 12.3. The van der Waals surface area contributed by atoms with Gasteiger partial charge < -0.3 is 4.90 Å². The van der Waals surface area contributed by atoms with E-state index in [2.05, 4.69) is 14.6 Å². The molecule has 7 nitrogen and oxygen atoms in total. The Bertz CT molecular complexity index is 1630. The molecule has 1 atom stereocenters. The van der Waals surface area contributed by atoms with Crippen molar-refractivity contribution in [2.75, 3.05) is 11.4 Å². The maximum Gasteiger partial charge on any atom is 0.268 e. The number of benzene rings is 3. The number of carbonyl (C=O) groups is 1. The lowest BCUT2D eigenvalue weighted by atomic mass is 10.0. The van der Waals surface area contributed by atoms with Gasteiger partial charge in [-0.2, -0.15) is 0 Å². The van der Waals surface area contributed by atoms with Crippen LogP contribution >= 0.6 is 23.2 Å². The van der Waals surface area contributed by atoms with Gasteiger partial charge in [0.15, 0.2) is 0 Å². The lowest BCUT2D eigenvalue weighted by Gasteiger charge is -2.26. The first-order valence-corrected chi connectivity index (χ1v) is 15.2. The molecule has 0 saturated carbocycles. The molecule has 5 rings (SSSR count). The zero-order chi connectivity index (χ0) is 28.3. The number of aromatic nitrogens is 2. The van der Waals surface area contributed by atoms with Crippen molar-refractivity contribution in [1.82, 2.24) is 14.7 Å². The maximum absolute atomic E-state index is 13.3. The van der Waals surface area contributed by atoms with Crippen LogP contribution in [0.2, 0.25) is 10.0 Å². The molecule has 0 aliphatic carbocycles. The van der Waals surface area contributed by atoms with Gasteiger partial charge in [0, 0.05) is 22.8 Å². The fourth-order valence-electron chi connectivity index (χ4n) is 4.96. The number of anilines is 1. The van der Waals surface area contributed by atoms with E-state index in [1.807, 2.05) is 55.5 Å². The van der Waals surface area contributed by atoms with Crippen LogP contribution < -0.4 is 9.62 Å². The van der Waals surface area contributed by atoms with Gasteiger partial charge in [-0.15, -0.1) is 0 Å². The van der Waals surface area contributed by atoms with Crippen LogP contribution in [-0.2, 0) is 22.9 Å². The van der Waals surface area contributed by atoms with Crippen LogP contribution in [0.1, 0.15) is 51.6 Å². The molecule has 1 fully saturated rings. The van der Waals surface area contributed by atoms with E-state index in [9.17, 15) is 13.2 Å². The molecule has 0 radical (unpaired) electrons. The summed E-state index contributed by atoms with van der Waals surface area (Å²) >= 11 is 12.0. The number of rotatable bonds is 8. The molecule has 3 aromatic carbocycles. The van der Waals surface area contributed by atoms with E-state index >= 15 is 0 Å². The highest BCUT2D eigenvalue weighted by Gasteiger charge is 2.30. The van der Waals surface area contributed by atoms with Crippen LogP contribution in [0.4, 0.5) is 5.95 Å². The predicted octanol–water partition coefficient (Wildman–Crippen LogP) is 6.34. The van der Waals surface area contributed by atoms with Crippen molar-refractivity contribution in [1.29, 1.82) is 0 Å². The molecule has 1 amide bonds. The highest BCUT2D eigenvalue weighted by atomic mass is 35.5. The number of aryl methyl sites for hydroxylation is 3. The molecule has 2 heterocycles. The van der Waals surface area contributed by atoms with Crippen LogP contribution in [0.15, 0.2) is 83.9 Å². The fraction of sp³-hybridized carbons (Fsp3) is 0.233. The Morgan fingerprint density at radius 2 is 1.65 bits per heavy atom. The number of carbonyl (C=O) groups excluding carboxylic acids is 1. The zero-order valence-electron chi connectivity index (χ0n) is 21.8. The van der Waals surface area contributed by atoms with E-state index in [-0.39, 0.29) is 16.5 Å². The monoisotopic (exact) mass is 594 g/mol. The van der Waals surface area contributed by atoms with Gasteiger partial charge in [0.1, 0.15) is 0 Å². The number of nitrogens with one attached hydrogen (secondary N) is 1. The van der Waals surface area contributed by atoms with Crippen LogP contribution in [-0.4, -0.2) is 30.8 Å². The lowest BCUT2D eigenvalue weighted by Crippen LogP contribution is -2.32. The molecular weight excluding hydrogens is 567 g/mol. The molecule has 0 spiro atoms. The Labute approximate surface area is 244 Å². The molecule has 0 bridgehead atoms. The van der Waals surface area contributed by atoms with E-state index in [0.717, 1.165) is 36.1 Å². The first-order valence-electron chi connectivity index (χ1n) is 13.0. The minimum Gasteiger partial charge on any atom is -0.334 e. The first kappa shape index (κ1) is 28.1. The topological polar surface area (TPSA) is 92.3 Å². The second-order valence-electron chi connectivity index (χ2n) is 9.75. The number of amides is 1. The quantitative estimate of drug-likeness (QED) is 0.256. The van der Waals surface area contributed by atoms with Crippen LogP contribution in [0.3, 0.4) is 0 Å². The van der Waals surface area contributed by atoms with Crippen molar-refractivity contribution in [2.45, 2.75) is 43.5 Å². The van der Waals surface area contributed by atoms with Gasteiger partial charge in [-0.3, -0.25) is 4.79 Å². The molecular formula is C30H28Cl2N4O3S. The van der Waals surface area contributed by atoms with Gasteiger partial charge in [0.05, 0.1) is 22.2 Å². The van der Waals surface area contributed by atoms with Gasteiger partial charge in [-0.25, -0.2) is 23.1 Å². The normalized spacial score (nSPS) is 15.3.